The monoisotopic (exact) mass is 499 g/mol. The molecule has 1 aliphatic heterocycles. The minimum Gasteiger partial charge on any atom is -0.486 e. The molecule has 1 saturated carbocycles. The molecule has 1 atom stereocenters. The Labute approximate surface area is 172 Å². The largest absolute Gasteiger partial charge is 0.486 e. The highest BCUT2D eigenvalue weighted by Crippen LogP contribution is 2.48. The second kappa shape index (κ2) is 6.88. The minimum absolute atomic E-state index is 0.0121. The number of nitrogens with zero attached hydrogens (tertiary/aromatic N) is 3. The average Bonchev–Trinajstić information content (AvgIpc) is 3.44. The number of anilines is 1. The Morgan fingerprint density at radius 2 is 2.04 bits per heavy atom. The molecule has 2 aromatic rings. The van der Waals surface area contributed by atoms with Crippen LogP contribution in [-0.2, 0) is 9.84 Å². The summed E-state index contributed by atoms with van der Waals surface area (Å²) in [5.41, 5.74) is -0.354. The lowest BCUT2D eigenvalue weighted by molar-refractivity contribution is 0.144. The van der Waals surface area contributed by atoms with Crippen molar-refractivity contribution in [3.05, 3.63) is 15.3 Å². The Hall–Kier alpha value is -1.33. The van der Waals surface area contributed by atoms with Crippen molar-refractivity contribution >= 4 is 54.1 Å². The van der Waals surface area contributed by atoms with Gasteiger partial charge in [-0.1, -0.05) is 11.6 Å². The topological polar surface area (TPSA) is 72.4 Å². The molecule has 0 saturated heterocycles. The van der Waals surface area contributed by atoms with Crippen LogP contribution in [-0.4, -0.2) is 50.3 Å². The molecule has 0 amide bonds. The second-order valence-electron chi connectivity index (χ2n) is 6.89. The third kappa shape index (κ3) is 3.41. The van der Waals surface area contributed by atoms with Crippen molar-refractivity contribution in [2.75, 3.05) is 24.2 Å². The van der Waals surface area contributed by atoms with Crippen molar-refractivity contribution < 1.29 is 26.3 Å². The highest BCUT2D eigenvalue weighted by molar-refractivity contribution is 9.10. The molecule has 6 nitrogen and oxygen atoms in total. The van der Waals surface area contributed by atoms with Crippen molar-refractivity contribution in [2.24, 2.45) is 5.92 Å². The van der Waals surface area contributed by atoms with Crippen LogP contribution in [0.25, 0.3) is 10.9 Å². The van der Waals surface area contributed by atoms with Crippen molar-refractivity contribution in [1.29, 1.82) is 0 Å². The van der Waals surface area contributed by atoms with Crippen LogP contribution in [0.4, 0.5) is 19.0 Å². The van der Waals surface area contributed by atoms with E-state index in [1.165, 1.54) is 4.90 Å². The van der Waals surface area contributed by atoms with E-state index < -0.39 is 39.9 Å². The maximum Gasteiger partial charge on any atom is 0.255 e. The van der Waals surface area contributed by atoms with Gasteiger partial charge in [0.1, 0.15) is 22.5 Å². The van der Waals surface area contributed by atoms with Gasteiger partial charge in [-0.25, -0.2) is 31.6 Å². The lowest BCUT2D eigenvalue weighted by Crippen LogP contribution is -2.39. The number of halogens is 5. The molecule has 2 heterocycles. The van der Waals surface area contributed by atoms with Crippen molar-refractivity contribution in [3.63, 3.8) is 0 Å². The normalized spacial score (nSPS) is 19.8. The molecular formula is C16H14BrClF3N3O3S. The van der Waals surface area contributed by atoms with Crippen LogP contribution in [0.5, 0.6) is 5.75 Å². The molecular weight excluding hydrogens is 487 g/mol. The summed E-state index contributed by atoms with van der Waals surface area (Å²) < 4.78 is 71.3. The van der Waals surface area contributed by atoms with E-state index in [9.17, 15) is 21.6 Å². The number of hydrogen-bond acceptors (Lipinski definition) is 6. The zero-order valence-electron chi connectivity index (χ0n) is 14.4. The van der Waals surface area contributed by atoms with Gasteiger partial charge in [-0.3, -0.25) is 0 Å². The first-order valence-corrected chi connectivity index (χ1v) is 11.4. The third-order valence-corrected chi connectivity index (χ3v) is 6.88. The first-order chi connectivity index (χ1) is 13.1. The van der Waals surface area contributed by atoms with Gasteiger partial charge >= 0.3 is 0 Å². The van der Waals surface area contributed by atoms with Gasteiger partial charge in [0.2, 0.25) is 15.0 Å². The smallest absolute Gasteiger partial charge is 0.255 e. The standard InChI is InChI=1S/C16H14BrClF3N3O3S/c1-28(25,26)16-22-13-9-14(11(18)10(17)12(13)21)27-7(6-2-3-6)4-24(5-8(19)20)15(9)23-16/h6-8H,2-5H2,1H3. The lowest BCUT2D eigenvalue weighted by atomic mass is 10.2. The maximum absolute atomic E-state index is 14.9. The first kappa shape index (κ1) is 20.0. The van der Waals surface area contributed by atoms with Crippen LogP contribution in [0.15, 0.2) is 9.63 Å². The average molecular weight is 501 g/mol. The molecule has 1 aromatic carbocycles. The lowest BCUT2D eigenvalue weighted by Gasteiger charge is -2.25. The van der Waals surface area contributed by atoms with Gasteiger partial charge in [-0.05, 0) is 34.7 Å². The number of rotatable bonds is 4. The van der Waals surface area contributed by atoms with Crippen LogP contribution in [0.1, 0.15) is 12.8 Å². The van der Waals surface area contributed by atoms with Gasteiger partial charge in [0.15, 0.2) is 11.6 Å². The summed E-state index contributed by atoms with van der Waals surface area (Å²) in [6.45, 7) is -0.662. The number of benzene rings is 1. The van der Waals surface area contributed by atoms with Crippen LogP contribution in [0.2, 0.25) is 5.02 Å². The fraction of sp³-hybridized carbons (Fsp3) is 0.500. The second-order valence-corrected chi connectivity index (χ2v) is 9.97. The SMILES string of the molecule is CS(=O)(=O)c1nc2c3c(c(Cl)c(Br)c(F)c3n1)OC(C1CC1)CN2CC(F)F. The Bertz CT molecular complexity index is 1080. The van der Waals surface area contributed by atoms with Crippen molar-refractivity contribution in [1.82, 2.24) is 9.97 Å². The summed E-state index contributed by atoms with van der Waals surface area (Å²) in [5, 5.41) is -0.744. The van der Waals surface area contributed by atoms with E-state index in [1.54, 1.807) is 0 Å². The molecule has 152 valence electrons. The van der Waals surface area contributed by atoms with E-state index in [4.69, 9.17) is 16.3 Å². The Kier molecular flexibility index (Phi) is 4.90. The van der Waals surface area contributed by atoms with Gasteiger partial charge in [0, 0.05) is 6.26 Å². The van der Waals surface area contributed by atoms with Crippen molar-refractivity contribution in [2.45, 2.75) is 30.5 Å². The van der Waals surface area contributed by atoms with E-state index >= 15 is 0 Å². The van der Waals surface area contributed by atoms with Crippen LogP contribution >= 0.6 is 27.5 Å². The molecule has 28 heavy (non-hydrogen) atoms. The summed E-state index contributed by atoms with van der Waals surface area (Å²) in [4.78, 5) is 9.06. The van der Waals surface area contributed by atoms with Gasteiger partial charge in [0.05, 0.1) is 22.9 Å². The molecule has 1 unspecified atom stereocenters. The van der Waals surface area contributed by atoms with Crippen LogP contribution in [0.3, 0.4) is 0 Å². The van der Waals surface area contributed by atoms with E-state index in [0.29, 0.717) is 0 Å². The fourth-order valence-electron chi connectivity index (χ4n) is 3.25. The predicted molar refractivity (Wildman–Crippen MR) is 101 cm³/mol. The number of ether oxygens (including phenoxy) is 1. The maximum atomic E-state index is 14.9. The molecule has 1 aliphatic carbocycles. The summed E-state index contributed by atoms with van der Waals surface area (Å²) in [6, 6.07) is 0. The van der Waals surface area contributed by atoms with E-state index in [-0.39, 0.29) is 44.4 Å². The highest BCUT2D eigenvalue weighted by Gasteiger charge is 2.40. The van der Waals surface area contributed by atoms with Gasteiger partial charge < -0.3 is 9.64 Å². The van der Waals surface area contributed by atoms with Crippen molar-refractivity contribution in [3.8, 4) is 5.75 Å². The van der Waals surface area contributed by atoms with Crippen LogP contribution in [0, 0.1) is 11.7 Å². The Morgan fingerprint density at radius 1 is 1.36 bits per heavy atom. The van der Waals surface area contributed by atoms with Gasteiger partial charge in [-0.2, -0.15) is 0 Å². The van der Waals surface area contributed by atoms with Gasteiger partial charge in [0.25, 0.3) is 6.43 Å². The zero-order chi connectivity index (χ0) is 20.4. The summed E-state index contributed by atoms with van der Waals surface area (Å²) in [5.74, 6) is -0.833. The molecule has 4 rings (SSSR count). The molecule has 0 N–H and O–H groups in total. The zero-order valence-corrected chi connectivity index (χ0v) is 17.6. The third-order valence-electron chi connectivity index (χ3n) is 4.70. The molecule has 0 radical (unpaired) electrons. The van der Waals surface area contributed by atoms with E-state index in [1.807, 2.05) is 0 Å². The Morgan fingerprint density at radius 3 is 2.61 bits per heavy atom. The predicted octanol–water partition coefficient (Wildman–Crippen LogP) is 3.83. The minimum atomic E-state index is -3.93. The fourth-order valence-corrected chi connectivity index (χ4v) is 4.34. The van der Waals surface area contributed by atoms with E-state index in [2.05, 4.69) is 25.9 Å². The molecule has 1 aromatic heterocycles. The molecule has 0 bridgehead atoms. The summed E-state index contributed by atoms with van der Waals surface area (Å²) in [7, 11) is -3.93. The Balaban J connectivity index is 2.07. The first-order valence-electron chi connectivity index (χ1n) is 8.36. The molecule has 0 spiro atoms. The number of sulfone groups is 1. The number of hydrogen-bond donors (Lipinski definition) is 0. The van der Waals surface area contributed by atoms with E-state index in [0.717, 1.165) is 19.1 Å². The summed E-state index contributed by atoms with van der Waals surface area (Å²) >= 11 is 9.32. The molecule has 1 fully saturated rings. The molecule has 2 aliphatic rings. The summed E-state index contributed by atoms with van der Waals surface area (Å²) in [6.07, 6.45) is -0.584. The van der Waals surface area contributed by atoms with Gasteiger partial charge in [-0.15, -0.1) is 0 Å². The number of alkyl halides is 2. The molecule has 12 heteroatoms. The number of aromatic nitrogens is 2. The van der Waals surface area contributed by atoms with Crippen LogP contribution < -0.4 is 9.64 Å². The quantitative estimate of drug-likeness (QED) is 0.469. The highest BCUT2D eigenvalue weighted by atomic mass is 79.9.